The van der Waals surface area contributed by atoms with Crippen LogP contribution in [0.4, 0.5) is 5.82 Å². The topological polar surface area (TPSA) is 41.9 Å². The van der Waals surface area contributed by atoms with Crippen LogP contribution >= 0.6 is 11.3 Å². The summed E-state index contributed by atoms with van der Waals surface area (Å²) in [7, 11) is 0. The first-order valence-electron chi connectivity index (χ1n) is 7.25. The molecule has 0 spiro atoms. The Balaban J connectivity index is 1.93. The maximum absolute atomic E-state index is 4.85. The van der Waals surface area contributed by atoms with Gasteiger partial charge in [0, 0.05) is 35.9 Å². The van der Waals surface area contributed by atoms with Crippen LogP contribution in [-0.4, -0.2) is 28.0 Å². The third-order valence-corrected chi connectivity index (χ3v) is 4.77. The van der Waals surface area contributed by atoms with Crippen molar-refractivity contribution in [2.24, 2.45) is 0 Å². The van der Waals surface area contributed by atoms with Gasteiger partial charge in [-0.2, -0.15) is 0 Å². The van der Waals surface area contributed by atoms with Gasteiger partial charge in [-0.15, -0.1) is 11.3 Å². The average Bonchev–Trinajstić information content (AvgIpc) is 3.15. The summed E-state index contributed by atoms with van der Waals surface area (Å²) in [5.74, 6) is 1.86. The summed E-state index contributed by atoms with van der Waals surface area (Å²) < 4.78 is 0. The molecule has 5 heteroatoms. The number of anilines is 1. The Morgan fingerprint density at radius 2 is 2.05 bits per heavy atom. The minimum Gasteiger partial charge on any atom is -0.356 e. The van der Waals surface area contributed by atoms with E-state index in [0.717, 1.165) is 35.1 Å². The molecule has 3 aromatic rings. The molecule has 1 aliphatic rings. The van der Waals surface area contributed by atoms with E-state index in [1.807, 2.05) is 18.3 Å². The van der Waals surface area contributed by atoms with E-state index >= 15 is 0 Å². The lowest BCUT2D eigenvalue weighted by Gasteiger charge is -2.18. The highest BCUT2D eigenvalue weighted by Gasteiger charge is 2.19. The van der Waals surface area contributed by atoms with Crippen molar-refractivity contribution in [2.75, 3.05) is 18.0 Å². The number of hydrogen-bond donors (Lipinski definition) is 0. The van der Waals surface area contributed by atoms with Gasteiger partial charge < -0.3 is 4.90 Å². The molecule has 4 rings (SSSR count). The van der Waals surface area contributed by atoms with Gasteiger partial charge in [-0.1, -0.05) is 0 Å². The number of pyridine rings is 1. The van der Waals surface area contributed by atoms with Crippen molar-refractivity contribution in [2.45, 2.75) is 19.8 Å². The minimum atomic E-state index is 0.777. The second-order valence-electron chi connectivity index (χ2n) is 5.38. The smallest absolute Gasteiger partial charge is 0.164 e. The molecular weight excluding hydrogens is 280 g/mol. The lowest BCUT2D eigenvalue weighted by molar-refractivity contribution is 0.942. The lowest BCUT2D eigenvalue weighted by Crippen LogP contribution is -2.19. The normalized spacial score (nSPS) is 15.0. The summed E-state index contributed by atoms with van der Waals surface area (Å²) in [5.41, 5.74) is 0.978. The van der Waals surface area contributed by atoms with Crippen LogP contribution in [0.5, 0.6) is 0 Å². The fourth-order valence-electron chi connectivity index (χ4n) is 2.82. The van der Waals surface area contributed by atoms with Gasteiger partial charge in [0.25, 0.3) is 0 Å². The SMILES string of the molecule is Cc1cc2c(N3CCCC3)nc(-c3cccnc3)nc2s1. The van der Waals surface area contributed by atoms with Crippen molar-refractivity contribution in [3.05, 3.63) is 35.5 Å². The molecule has 0 bridgehead atoms. The van der Waals surface area contributed by atoms with Crippen molar-refractivity contribution >= 4 is 27.4 Å². The first-order valence-corrected chi connectivity index (χ1v) is 8.06. The molecular formula is C16H16N4S. The predicted molar refractivity (Wildman–Crippen MR) is 86.8 cm³/mol. The van der Waals surface area contributed by atoms with Gasteiger partial charge >= 0.3 is 0 Å². The molecule has 106 valence electrons. The van der Waals surface area contributed by atoms with Crippen molar-refractivity contribution in [1.29, 1.82) is 0 Å². The van der Waals surface area contributed by atoms with Crippen LogP contribution < -0.4 is 4.90 Å². The number of rotatable bonds is 2. The van der Waals surface area contributed by atoms with Crippen molar-refractivity contribution < 1.29 is 0 Å². The van der Waals surface area contributed by atoms with E-state index < -0.39 is 0 Å². The Morgan fingerprint density at radius 1 is 1.19 bits per heavy atom. The predicted octanol–water partition coefficient (Wildman–Crippen LogP) is 3.66. The highest BCUT2D eigenvalue weighted by atomic mass is 32.1. The Hall–Kier alpha value is -2.01. The van der Waals surface area contributed by atoms with Crippen molar-refractivity contribution in [3.63, 3.8) is 0 Å². The fourth-order valence-corrected chi connectivity index (χ4v) is 3.70. The molecule has 3 aromatic heterocycles. The van der Waals surface area contributed by atoms with E-state index in [1.165, 1.54) is 23.1 Å². The number of aryl methyl sites for hydroxylation is 1. The molecule has 21 heavy (non-hydrogen) atoms. The minimum absolute atomic E-state index is 0.777. The second-order valence-corrected chi connectivity index (χ2v) is 6.62. The number of hydrogen-bond acceptors (Lipinski definition) is 5. The van der Waals surface area contributed by atoms with Crippen molar-refractivity contribution in [1.82, 2.24) is 15.0 Å². The maximum Gasteiger partial charge on any atom is 0.164 e. The quantitative estimate of drug-likeness (QED) is 0.723. The molecule has 1 aliphatic heterocycles. The van der Waals surface area contributed by atoms with Crippen LogP contribution in [0.25, 0.3) is 21.6 Å². The second kappa shape index (κ2) is 5.07. The zero-order valence-electron chi connectivity index (χ0n) is 11.9. The molecule has 0 aliphatic carbocycles. The summed E-state index contributed by atoms with van der Waals surface area (Å²) in [6.07, 6.45) is 6.10. The molecule has 0 radical (unpaired) electrons. The van der Waals surface area contributed by atoms with E-state index in [4.69, 9.17) is 9.97 Å². The summed E-state index contributed by atoms with van der Waals surface area (Å²) in [5, 5.41) is 1.19. The molecule has 1 saturated heterocycles. The van der Waals surface area contributed by atoms with Crippen LogP contribution in [0.15, 0.2) is 30.6 Å². The van der Waals surface area contributed by atoms with Gasteiger partial charge in [0.15, 0.2) is 5.82 Å². The Bertz CT molecular complexity index is 776. The molecule has 4 nitrogen and oxygen atoms in total. The highest BCUT2D eigenvalue weighted by molar-refractivity contribution is 7.18. The zero-order valence-corrected chi connectivity index (χ0v) is 12.7. The first-order chi connectivity index (χ1) is 10.3. The van der Waals surface area contributed by atoms with Crippen LogP contribution in [-0.2, 0) is 0 Å². The molecule has 0 atom stereocenters. The van der Waals surface area contributed by atoms with Crippen LogP contribution in [0.1, 0.15) is 17.7 Å². The largest absolute Gasteiger partial charge is 0.356 e. The third-order valence-electron chi connectivity index (χ3n) is 3.82. The van der Waals surface area contributed by atoms with E-state index in [9.17, 15) is 0 Å². The number of nitrogens with zero attached hydrogens (tertiary/aromatic N) is 4. The van der Waals surface area contributed by atoms with E-state index in [2.05, 4.69) is 22.9 Å². The first kappa shape index (κ1) is 12.7. The number of aromatic nitrogens is 3. The molecule has 0 amide bonds. The maximum atomic E-state index is 4.85. The molecule has 1 fully saturated rings. The lowest BCUT2D eigenvalue weighted by atomic mass is 10.2. The van der Waals surface area contributed by atoms with Gasteiger partial charge in [0.05, 0.1) is 5.39 Å². The average molecular weight is 296 g/mol. The Morgan fingerprint density at radius 3 is 2.81 bits per heavy atom. The summed E-state index contributed by atoms with van der Waals surface area (Å²) in [6, 6.07) is 6.15. The monoisotopic (exact) mass is 296 g/mol. The van der Waals surface area contributed by atoms with Gasteiger partial charge in [-0.25, -0.2) is 9.97 Å². The summed E-state index contributed by atoms with van der Waals surface area (Å²) in [6.45, 7) is 4.31. The summed E-state index contributed by atoms with van der Waals surface area (Å²) in [4.78, 5) is 18.5. The van der Waals surface area contributed by atoms with Crippen LogP contribution in [0.2, 0.25) is 0 Å². The van der Waals surface area contributed by atoms with Crippen LogP contribution in [0.3, 0.4) is 0 Å². The number of fused-ring (bicyclic) bond motifs is 1. The molecule has 0 unspecified atom stereocenters. The third kappa shape index (κ3) is 2.27. The van der Waals surface area contributed by atoms with Gasteiger partial charge in [-0.3, -0.25) is 4.98 Å². The molecule has 0 N–H and O–H groups in total. The van der Waals surface area contributed by atoms with Gasteiger partial charge in [0.1, 0.15) is 10.6 Å². The summed E-state index contributed by atoms with van der Waals surface area (Å²) >= 11 is 1.74. The molecule has 0 aromatic carbocycles. The highest BCUT2D eigenvalue weighted by Crippen LogP contribution is 2.34. The Kier molecular flexibility index (Phi) is 3.07. The van der Waals surface area contributed by atoms with Gasteiger partial charge in [0.2, 0.25) is 0 Å². The van der Waals surface area contributed by atoms with E-state index in [0.29, 0.717) is 0 Å². The number of thiophene rings is 1. The van der Waals surface area contributed by atoms with E-state index in [-0.39, 0.29) is 0 Å². The fraction of sp³-hybridized carbons (Fsp3) is 0.312. The van der Waals surface area contributed by atoms with Gasteiger partial charge in [-0.05, 0) is 38.0 Å². The molecule has 4 heterocycles. The van der Waals surface area contributed by atoms with Crippen LogP contribution in [0, 0.1) is 6.92 Å². The standard InChI is InChI=1S/C16H16N4S/c1-11-9-13-15(20-7-2-3-8-20)18-14(19-16(13)21-11)12-5-4-6-17-10-12/h4-6,9-10H,2-3,7-8H2,1H3. The molecule has 0 saturated carbocycles. The zero-order chi connectivity index (χ0) is 14.2. The van der Waals surface area contributed by atoms with E-state index in [1.54, 1.807) is 17.5 Å². The Labute approximate surface area is 127 Å². The van der Waals surface area contributed by atoms with Crippen molar-refractivity contribution in [3.8, 4) is 11.4 Å².